The second kappa shape index (κ2) is 6.47. The first kappa shape index (κ1) is 16.8. The number of carboxylic acids is 1. The number of benzene rings is 1. The number of hydrogen-bond acceptors (Lipinski definition) is 2. The number of aromatic carboxylic acids is 1. The van der Waals surface area contributed by atoms with Gasteiger partial charge >= 0.3 is 18.2 Å². The number of carbonyl (C=O) groups is 2. The van der Waals surface area contributed by atoms with E-state index >= 15 is 0 Å². The van der Waals surface area contributed by atoms with Crippen LogP contribution < -0.4 is 5.32 Å². The molecule has 1 aromatic rings. The van der Waals surface area contributed by atoms with Crippen LogP contribution in [-0.4, -0.2) is 41.8 Å². The lowest BCUT2D eigenvalue weighted by Crippen LogP contribution is -2.34. The summed E-state index contributed by atoms with van der Waals surface area (Å²) < 4.78 is 36.3. The van der Waals surface area contributed by atoms with Gasteiger partial charge in [-0.1, -0.05) is 6.07 Å². The number of anilines is 1. The Kier molecular flexibility index (Phi) is 5.17. The van der Waals surface area contributed by atoms with Crippen LogP contribution >= 0.6 is 0 Å². The zero-order chi connectivity index (χ0) is 16.2. The van der Waals surface area contributed by atoms with Crippen LogP contribution in [-0.2, 0) is 0 Å². The molecule has 8 heteroatoms. The highest BCUT2D eigenvalue weighted by atomic mass is 19.4. The molecule has 0 atom stereocenters. The fraction of sp³-hybridized carbons (Fsp3) is 0.385. The molecule has 2 N–H and O–H groups in total. The van der Waals surface area contributed by atoms with Gasteiger partial charge in [-0.05, 0) is 24.6 Å². The number of halogens is 3. The number of nitrogens with one attached hydrogen (secondary N) is 1. The van der Waals surface area contributed by atoms with Gasteiger partial charge in [0, 0.05) is 19.3 Å². The van der Waals surface area contributed by atoms with Crippen LogP contribution in [0.25, 0.3) is 0 Å². The molecule has 5 nitrogen and oxygen atoms in total. The van der Waals surface area contributed by atoms with Crippen molar-refractivity contribution in [3.63, 3.8) is 0 Å². The van der Waals surface area contributed by atoms with Gasteiger partial charge in [-0.3, -0.25) is 0 Å². The summed E-state index contributed by atoms with van der Waals surface area (Å²) in [5.41, 5.74) is 0.604. The van der Waals surface area contributed by atoms with Crippen LogP contribution in [0.4, 0.5) is 23.7 Å². The van der Waals surface area contributed by atoms with Gasteiger partial charge in [-0.15, -0.1) is 0 Å². The van der Waals surface area contributed by atoms with Gasteiger partial charge < -0.3 is 15.3 Å². The third-order valence-corrected chi connectivity index (χ3v) is 2.88. The summed E-state index contributed by atoms with van der Waals surface area (Å²) in [6.07, 6.45) is -5.45. The standard InChI is InChI=1S/C13H15F3N2O3/c1-8-9(11(19)20)4-3-5-10(8)17-12(21)18(2)7-6-13(14,15)16/h3-5H,6-7H2,1-2H3,(H,17,21)(H,19,20). The first-order valence-corrected chi connectivity index (χ1v) is 6.03. The molecule has 21 heavy (non-hydrogen) atoms. The molecular weight excluding hydrogens is 289 g/mol. The van der Waals surface area contributed by atoms with Crippen molar-refractivity contribution in [2.75, 3.05) is 18.9 Å². The monoisotopic (exact) mass is 304 g/mol. The van der Waals surface area contributed by atoms with Crippen molar-refractivity contribution in [1.29, 1.82) is 0 Å². The first-order valence-electron chi connectivity index (χ1n) is 6.03. The van der Waals surface area contributed by atoms with E-state index in [0.29, 0.717) is 5.56 Å². The number of nitrogens with zero attached hydrogens (tertiary/aromatic N) is 1. The van der Waals surface area contributed by atoms with Crippen molar-refractivity contribution in [3.05, 3.63) is 29.3 Å². The number of rotatable bonds is 4. The normalized spacial score (nSPS) is 11.1. The quantitative estimate of drug-likeness (QED) is 0.898. The largest absolute Gasteiger partial charge is 0.478 e. The summed E-state index contributed by atoms with van der Waals surface area (Å²) in [4.78, 5) is 23.6. The van der Waals surface area contributed by atoms with E-state index in [9.17, 15) is 22.8 Å². The molecule has 0 radical (unpaired) electrons. The van der Waals surface area contributed by atoms with Gasteiger partial charge in [0.2, 0.25) is 0 Å². The summed E-state index contributed by atoms with van der Waals surface area (Å²) in [6.45, 7) is 1.03. The SMILES string of the molecule is Cc1c(NC(=O)N(C)CCC(F)(F)F)cccc1C(=O)O. The molecule has 2 amide bonds. The Balaban J connectivity index is 2.75. The molecule has 0 saturated carbocycles. The Hall–Kier alpha value is -2.25. The van der Waals surface area contributed by atoms with Crippen molar-refractivity contribution in [3.8, 4) is 0 Å². The summed E-state index contributed by atoms with van der Waals surface area (Å²) >= 11 is 0. The lowest BCUT2D eigenvalue weighted by atomic mass is 10.1. The zero-order valence-corrected chi connectivity index (χ0v) is 11.5. The van der Waals surface area contributed by atoms with Crippen molar-refractivity contribution in [2.24, 2.45) is 0 Å². The summed E-state index contributed by atoms with van der Waals surface area (Å²) in [7, 11) is 1.23. The zero-order valence-electron chi connectivity index (χ0n) is 11.5. The van der Waals surface area contributed by atoms with Gasteiger partial charge in [0.15, 0.2) is 0 Å². The highest BCUT2D eigenvalue weighted by Crippen LogP contribution is 2.21. The van der Waals surface area contributed by atoms with Gasteiger partial charge in [0.05, 0.1) is 12.0 Å². The number of amides is 2. The fourth-order valence-electron chi connectivity index (χ4n) is 1.61. The molecule has 0 unspecified atom stereocenters. The van der Waals surface area contributed by atoms with Crippen LogP contribution in [0.5, 0.6) is 0 Å². The van der Waals surface area contributed by atoms with Crippen LogP contribution in [0.3, 0.4) is 0 Å². The molecular formula is C13H15F3N2O3. The number of hydrogen-bond donors (Lipinski definition) is 2. The molecule has 1 rings (SSSR count). The molecule has 116 valence electrons. The van der Waals surface area contributed by atoms with E-state index in [1.165, 1.54) is 32.2 Å². The highest BCUT2D eigenvalue weighted by Gasteiger charge is 2.28. The number of carbonyl (C=O) groups excluding carboxylic acids is 1. The van der Waals surface area contributed by atoms with Crippen molar-refractivity contribution in [1.82, 2.24) is 4.90 Å². The minimum atomic E-state index is -4.34. The molecule has 0 bridgehead atoms. The van der Waals surface area contributed by atoms with Gasteiger partial charge in [0.25, 0.3) is 0 Å². The van der Waals surface area contributed by atoms with Crippen molar-refractivity contribution in [2.45, 2.75) is 19.5 Å². The van der Waals surface area contributed by atoms with Crippen molar-refractivity contribution >= 4 is 17.7 Å². The van der Waals surface area contributed by atoms with Gasteiger partial charge in [-0.25, -0.2) is 9.59 Å². The summed E-state index contributed by atoms with van der Waals surface area (Å²) in [5.74, 6) is -1.14. The topological polar surface area (TPSA) is 69.6 Å². The second-order valence-electron chi connectivity index (χ2n) is 4.50. The molecule has 0 aliphatic carbocycles. The number of alkyl halides is 3. The van der Waals surface area contributed by atoms with E-state index in [0.717, 1.165) is 4.90 Å². The second-order valence-corrected chi connectivity index (χ2v) is 4.50. The molecule has 0 aliphatic heterocycles. The predicted octanol–water partition coefficient (Wildman–Crippen LogP) is 3.11. The summed E-state index contributed by atoms with van der Waals surface area (Å²) in [6, 6.07) is 3.57. The van der Waals surface area contributed by atoms with E-state index in [4.69, 9.17) is 5.11 Å². The van der Waals surface area contributed by atoms with Gasteiger partial charge in [0.1, 0.15) is 0 Å². The van der Waals surface area contributed by atoms with Gasteiger partial charge in [-0.2, -0.15) is 13.2 Å². The Morgan fingerprint density at radius 1 is 1.33 bits per heavy atom. The predicted molar refractivity (Wildman–Crippen MR) is 70.5 cm³/mol. The van der Waals surface area contributed by atoms with E-state index in [1.807, 2.05) is 0 Å². The van der Waals surface area contributed by atoms with E-state index in [-0.39, 0.29) is 11.3 Å². The van der Waals surface area contributed by atoms with Crippen LogP contribution in [0.1, 0.15) is 22.3 Å². The number of carboxylic acid groups (broad SMARTS) is 1. The van der Waals surface area contributed by atoms with Crippen LogP contribution in [0, 0.1) is 6.92 Å². The molecule has 0 heterocycles. The van der Waals surface area contributed by atoms with Crippen molar-refractivity contribution < 1.29 is 27.9 Å². The third-order valence-electron chi connectivity index (χ3n) is 2.88. The minimum absolute atomic E-state index is 0.0192. The Morgan fingerprint density at radius 3 is 2.48 bits per heavy atom. The summed E-state index contributed by atoms with van der Waals surface area (Å²) in [5, 5.41) is 11.4. The van der Waals surface area contributed by atoms with E-state index < -0.39 is 31.1 Å². The molecule has 0 aliphatic rings. The molecule has 1 aromatic carbocycles. The van der Waals surface area contributed by atoms with Crippen LogP contribution in [0.15, 0.2) is 18.2 Å². The lowest BCUT2D eigenvalue weighted by molar-refractivity contribution is -0.135. The first-order chi connectivity index (χ1) is 9.61. The fourth-order valence-corrected chi connectivity index (χ4v) is 1.61. The molecule has 0 saturated heterocycles. The molecule has 0 aromatic heterocycles. The Labute approximate surface area is 119 Å². The Bertz CT molecular complexity index is 544. The Morgan fingerprint density at radius 2 is 1.95 bits per heavy atom. The third kappa shape index (κ3) is 4.97. The average Bonchev–Trinajstić information content (AvgIpc) is 2.37. The maximum Gasteiger partial charge on any atom is 0.390 e. The smallest absolute Gasteiger partial charge is 0.390 e. The minimum Gasteiger partial charge on any atom is -0.478 e. The maximum atomic E-state index is 12.1. The highest BCUT2D eigenvalue weighted by molar-refractivity contribution is 5.95. The van der Waals surface area contributed by atoms with E-state index in [2.05, 4.69) is 5.32 Å². The molecule has 0 spiro atoms. The van der Waals surface area contributed by atoms with Crippen LogP contribution in [0.2, 0.25) is 0 Å². The average molecular weight is 304 g/mol. The molecule has 0 fully saturated rings. The maximum absolute atomic E-state index is 12.1. The van der Waals surface area contributed by atoms with E-state index in [1.54, 1.807) is 0 Å². The lowest BCUT2D eigenvalue weighted by Gasteiger charge is -2.19. The number of urea groups is 1.